The summed E-state index contributed by atoms with van der Waals surface area (Å²) in [7, 11) is 0. The van der Waals surface area contributed by atoms with Crippen LogP contribution in [-0.2, 0) is 5.75 Å². The summed E-state index contributed by atoms with van der Waals surface area (Å²) >= 11 is 1.91. The minimum Gasteiger partial charge on any atom is -0.323 e. The largest absolute Gasteiger partial charge is 0.323 e. The number of thioether (sulfide) groups is 1. The average Bonchev–Trinajstić information content (AvgIpc) is 2.38. The molecule has 2 rings (SSSR count). The quantitative estimate of drug-likeness (QED) is 0.872. The molecule has 2 heteroatoms. The van der Waals surface area contributed by atoms with Gasteiger partial charge in [-0.1, -0.05) is 48.0 Å². The number of rotatable bonds is 5. The van der Waals surface area contributed by atoms with Gasteiger partial charge in [-0.2, -0.15) is 11.8 Å². The second-order valence-corrected chi connectivity index (χ2v) is 6.45. The molecule has 2 aromatic carbocycles. The Labute approximate surface area is 126 Å². The van der Waals surface area contributed by atoms with Gasteiger partial charge in [0, 0.05) is 17.5 Å². The van der Waals surface area contributed by atoms with E-state index < -0.39 is 0 Å². The van der Waals surface area contributed by atoms with Crippen LogP contribution in [0.15, 0.2) is 42.5 Å². The minimum absolute atomic E-state index is 0.115. The second kappa shape index (κ2) is 6.96. The Morgan fingerprint density at radius 2 is 1.60 bits per heavy atom. The summed E-state index contributed by atoms with van der Waals surface area (Å²) < 4.78 is 0. The molecule has 0 aliphatic rings. The molecule has 0 aromatic heterocycles. The fourth-order valence-electron chi connectivity index (χ4n) is 2.74. The topological polar surface area (TPSA) is 26.0 Å². The molecule has 0 fully saturated rings. The lowest BCUT2D eigenvalue weighted by molar-refractivity contribution is 0.812. The summed E-state index contributed by atoms with van der Waals surface area (Å²) in [6, 6.07) is 15.1. The molecule has 1 unspecified atom stereocenters. The van der Waals surface area contributed by atoms with E-state index in [1.165, 1.54) is 27.8 Å². The van der Waals surface area contributed by atoms with Gasteiger partial charge in [-0.05, 0) is 43.0 Å². The van der Waals surface area contributed by atoms with Crippen LogP contribution >= 0.6 is 11.8 Å². The Hall–Kier alpha value is -1.25. The molecule has 0 amide bonds. The first-order valence-electron chi connectivity index (χ1n) is 7.03. The number of benzene rings is 2. The molecule has 0 spiro atoms. The number of nitrogens with two attached hydrogens (primary N) is 1. The highest BCUT2D eigenvalue weighted by atomic mass is 32.2. The van der Waals surface area contributed by atoms with Crippen LogP contribution in [0.4, 0.5) is 0 Å². The van der Waals surface area contributed by atoms with Crippen molar-refractivity contribution in [3.63, 3.8) is 0 Å². The number of hydrogen-bond acceptors (Lipinski definition) is 2. The van der Waals surface area contributed by atoms with Gasteiger partial charge in [0.05, 0.1) is 0 Å². The lowest BCUT2D eigenvalue weighted by Gasteiger charge is -2.18. The normalized spacial score (nSPS) is 12.4. The predicted octanol–water partition coefficient (Wildman–Crippen LogP) is 4.55. The Bertz CT molecular complexity index is 540. The predicted molar refractivity (Wildman–Crippen MR) is 90.2 cm³/mol. The van der Waals surface area contributed by atoms with Crippen molar-refractivity contribution in [1.29, 1.82) is 0 Å². The van der Waals surface area contributed by atoms with Crippen LogP contribution in [0.1, 0.15) is 33.9 Å². The van der Waals surface area contributed by atoms with Gasteiger partial charge < -0.3 is 5.73 Å². The van der Waals surface area contributed by atoms with Crippen molar-refractivity contribution < 1.29 is 0 Å². The molecule has 0 aliphatic carbocycles. The minimum atomic E-state index is 0.115. The lowest BCUT2D eigenvalue weighted by atomic mass is 9.95. The van der Waals surface area contributed by atoms with E-state index in [0.717, 1.165) is 11.5 Å². The Kier molecular flexibility index (Phi) is 5.27. The van der Waals surface area contributed by atoms with Crippen molar-refractivity contribution >= 4 is 11.8 Å². The van der Waals surface area contributed by atoms with Gasteiger partial charge in [-0.15, -0.1) is 0 Å². The van der Waals surface area contributed by atoms with E-state index >= 15 is 0 Å². The molecule has 1 atom stereocenters. The van der Waals surface area contributed by atoms with Crippen LogP contribution < -0.4 is 5.73 Å². The van der Waals surface area contributed by atoms with Crippen LogP contribution in [0, 0.1) is 20.8 Å². The molecule has 20 heavy (non-hydrogen) atoms. The summed E-state index contributed by atoms with van der Waals surface area (Å²) in [5.41, 5.74) is 13.0. The van der Waals surface area contributed by atoms with E-state index in [9.17, 15) is 0 Å². The third-order valence-corrected chi connectivity index (χ3v) is 4.65. The summed E-state index contributed by atoms with van der Waals surface area (Å²) in [6.07, 6.45) is 0. The molecule has 1 nitrogen and oxygen atoms in total. The standard InChI is InChI=1S/C18H23NS/c1-13-9-14(2)18(15(3)10-13)17(19)12-20-11-16-7-5-4-6-8-16/h4-10,17H,11-12,19H2,1-3H3. The molecule has 2 N–H and O–H groups in total. The highest BCUT2D eigenvalue weighted by molar-refractivity contribution is 7.98. The summed E-state index contributed by atoms with van der Waals surface area (Å²) in [4.78, 5) is 0. The van der Waals surface area contributed by atoms with Crippen molar-refractivity contribution in [3.05, 3.63) is 70.3 Å². The molecule has 0 saturated heterocycles. The molecular weight excluding hydrogens is 262 g/mol. The first-order valence-corrected chi connectivity index (χ1v) is 8.18. The highest BCUT2D eigenvalue weighted by Crippen LogP contribution is 2.25. The number of hydrogen-bond donors (Lipinski definition) is 1. The van der Waals surface area contributed by atoms with Crippen LogP contribution in [0.25, 0.3) is 0 Å². The fraction of sp³-hybridized carbons (Fsp3) is 0.333. The van der Waals surface area contributed by atoms with Crippen molar-refractivity contribution in [2.75, 3.05) is 5.75 Å². The summed E-state index contributed by atoms with van der Waals surface area (Å²) in [6.45, 7) is 6.47. The average molecular weight is 285 g/mol. The Morgan fingerprint density at radius 3 is 2.20 bits per heavy atom. The zero-order valence-corrected chi connectivity index (χ0v) is 13.3. The van der Waals surface area contributed by atoms with Gasteiger partial charge >= 0.3 is 0 Å². The van der Waals surface area contributed by atoms with E-state index in [4.69, 9.17) is 5.73 Å². The molecule has 106 valence electrons. The fourth-order valence-corrected chi connectivity index (χ4v) is 3.70. The van der Waals surface area contributed by atoms with Crippen molar-refractivity contribution in [1.82, 2.24) is 0 Å². The third-order valence-electron chi connectivity index (χ3n) is 3.52. The van der Waals surface area contributed by atoms with Gasteiger partial charge in [0.15, 0.2) is 0 Å². The maximum Gasteiger partial charge on any atom is 0.0392 e. The zero-order valence-electron chi connectivity index (χ0n) is 12.5. The van der Waals surface area contributed by atoms with E-state index in [2.05, 4.69) is 63.2 Å². The van der Waals surface area contributed by atoms with Crippen molar-refractivity contribution in [2.45, 2.75) is 32.6 Å². The number of aryl methyl sites for hydroxylation is 3. The first kappa shape index (κ1) is 15.1. The SMILES string of the molecule is Cc1cc(C)c(C(N)CSCc2ccccc2)c(C)c1. The summed E-state index contributed by atoms with van der Waals surface area (Å²) in [5.74, 6) is 1.98. The van der Waals surface area contributed by atoms with E-state index in [1.807, 2.05) is 11.8 Å². The van der Waals surface area contributed by atoms with Crippen LogP contribution in [-0.4, -0.2) is 5.75 Å². The Balaban J connectivity index is 1.97. The van der Waals surface area contributed by atoms with E-state index in [-0.39, 0.29) is 6.04 Å². The Morgan fingerprint density at radius 1 is 1.00 bits per heavy atom. The maximum absolute atomic E-state index is 6.39. The van der Waals surface area contributed by atoms with Gasteiger partial charge in [-0.3, -0.25) is 0 Å². The molecule has 0 radical (unpaired) electrons. The van der Waals surface area contributed by atoms with Gasteiger partial charge in [-0.25, -0.2) is 0 Å². The molecule has 0 saturated carbocycles. The van der Waals surface area contributed by atoms with Crippen LogP contribution in [0.5, 0.6) is 0 Å². The van der Waals surface area contributed by atoms with E-state index in [1.54, 1.807) is 0 Å². The first-order chi connectivity index (χ1) is 9.58. The van der Waals surface area contributed by atoms with Gasteiger partial charge in [0.2, 0.25) is 0 Å². The van der Waals surface area contributed by atoms with Gasteiger partial charge in [0.25, 0.3) is 0 Å². The van der Waals surface area contributed by atoms with Crippen LogP contribution in [0.2, 0.25) is 0 Å². The van der Waals surface area contributed by atoms with Crippen LogP contribution in [0.3, 0.4) is 0 Å². The molecule has 0 heterocycles. The van der Waals surface area contributed by atoms with Gasteiger partial charge in [0.1, 0.15) is 0 Å². The molecule has 0 aliphatic heterocycles. The highest BCUT2D eigenvalue weighted by Gasteiger charge is 2.12. The monoisotopic (exact) mass is 285 g/mol. The van der Waals surface area contributed by atoms with E-state index in [0.29, 0.717) is 0 Å². The smallest absolute Gasteiger partial charge is 0.0392 e. The van der Waals surface area contributed by atoms with Crippen molar-refractivity contribution in [2.24, 2.45) is 5.73 Å². The maximum atomic E-state index is 6.39. The molecule has 0 bridgehead atoms. The zero-order chi connectivity index (χ0) is 14.5. The second-order valence-electron chi connectivity index (χ2n) is 5.42. The molecular formula is C18H23NS. The molecule has 2 aromatic rings. The summed E-state index contributed by atoms with van der Waals surface area (Å²) in [5, 5.41) is 0. The van der Waals surface area contributed by atoms with Crippen molar-refractivity contribution in [3.8, 4) is 0 Å². The third kappa shape index (κ3) is 3.87. The lowest BCUT2D eigenvalue weighted by Crippen LogP contribution is -2.16.